The summed E-state index contributed by atoms with van der Waals surface area (Å²) in [5, 5.41) is 2.98. The number of hydrogen-bond acceptors (Lipinski definition) is 3. The predicted molar refractivity (Wildman–Crippen MR) is 87.4 cm³/mol. The summed E-state index contributed by atoms with van der Waals surface area (Å²) in [6.07, 6.45) is 4.94. The second kappa shape index (κ2) is 7.46. The van der Waals surface area contributed by atoms with Gasteiger partial charge in [-0.15, -0.1) is 0 Å². The molecule has 1 heterocycles. The quantitative estimate of drug-likeness (QED) is 0.647. The van der Waals surface area contributed by atoms with Crippen molar-refractivity contribution < 1.29 is 4.79 Å². The first-order valence-corrected chi connectivity index (χ1v) is 7.96. The van der Waals surface area contributed by atoms with E-state index in [9.17, 15) is 4.79 Å². The fourth-order valence-electron chi connectivity index (χ4n) is 2.94. The number of nitrogens with zero attached hydrogens (tertiary/aromatic N) is 1. The van der Waals surface area contributed by atoms with E-state index in [2.05, 4.69) is 17.1 Å². The molecular formula is C17H27N3O. The minimum absolute atomic E-state index is 0.0668. The van der Waals surface area contributed by atoms with Crippen LogP contribution >= 0.6 is 0 Å². The zero-order valence-electron chi connectivity index (χ0n) is 13.2. The minimum atomic E-state index is -0.0668. The molecule has 1 aromatic carbocycles. The van der Waals surface area contributed by atoms with Crippen LogP contribution in [0.5, 0.6) is 0 Å². The van der Waals surface area contributed by atoms with Crippen LogP contribution in [0.15, 0.2) is 18.2 Å². The van der Waals surface area contributed by atoms with Crippen molar-refractivity contribution in [1.29, 1.82) is 0 Å². The van der Waals surface area contributed by atoms with Gasteiger partial charge in [-0.1, -0.05) is 18.1 Å². The average molecular weight is 289 g/mol. The second-order valence-electron chi connectivity index (χ2n) is 6.08. The van der Waals surface area contributed by atoms with Crippen LogP contribution < -0.4 is 11.1 Å². The molecule has 0 aromatic heterocycles. The molecule has 0 radical (unpaired) electrons. The lowest BCUT2D eigenvalue weighted by atomic mass is 10.0. The van der Waals surface area contributed by atoms with Gasteiger partial charge in [-0.3, -0.25) is 4.79 Å². The van der Waals surface area contributed by atoms with Gasteiger partial charge < -0.3 is 16.0 Å². The number of benzene rings is 1. The van der Waals surface area contributed by atoms with Crippen LogP contribution in [-0.4, -0.2) is 36.5 Å². The predicted octanol–water partition coefficient (Wildman–Crippen LogP) is 2.57. The molecule has 1 unspecified atom stereocenters. The van der Waals surface area contributed by atoms with E-state index < -0.39 is 0 Å². The summed E-state index contributed by atoms with van der Waals surface area (Å²) >= 11 is 0. The first-order chi connectivity index (χ1) is 10.1. The monoisotopic (exact) mass is 289 g/mol. The molecule has 1 saturated heterocycles. The van der Waals surface area contributed by atoms with E-state index in [1.165, 1.54) is 25.8 Å². The summed E-state index contributed by atoms with van der Waals surface area (Å²) in [5.74, 6) is -0.0668. The Hall–Kier alpha value is -1.55. The number of likely N-dealkylation sites (tertiary alicyclic amines) is 1. The van der Waals surface area contributed by atoms with E-state index in [4.69, 9.17) is 5.73 Å². The van der Waals surface area contributed by atoms with E-state index in [0.717, 1.165) is 18.5 Å². The van der Waals surface area contributed by atoms with E-state index in [1.807, 2.05) is 19.1 Å². The van der Waals surface area contributed by atoms with Gasteiger partial charge in [0.05, 0.1) is 5.56 Å². The molecule has 3 N–H and O–H groups in total. The molecular weight excluding hydrogens is 262 g/mol. The smallest absolute Gasteiger partial charge is 0.253 e. The molecule has 116 valence electrons. The van der Waals surface area contributed by atoms with Gasteiger partial charge in [-0.05, 0) is 51.8 Å². The summed E-state index contributed by atoms with van der Waals surface area (Å²) in [4.78, 5) is 14.7. The van der Waals surface area contributed by atoms with Crippen LogP contribution in [0, 0.1) is 6.92 Å². The largest absolute Gasteiger partial charge is 0.398 e. The van der Waals surface area contributed by atoms with Crippen LogP contribution in [0.1, 0.15) is 48.5 Å². The van der Waals surface area contributed by atoms with Crippen molar-refractivity contribution in [2.24, 2.45) is 0 Å². The fourth-order valence-corrected chi connectivity index (χ4v) is 2.94. The highest BCUT2D eigenvalue weighted by Crippen LogP contribution is 2.16. The maximum Gasteiger partial charge on any atom is 0.253 e. The van der Waals surface area contributed by atoms with Crippen molar-refractivity contribution in [3.05, 3.63) is 29.3 Å². The van der Waals surface area contributed by atoms with Gasteiger partial charge in [-0.2, -0.15) is 0 Å². The van der Waals surface area contributed by atoms with Crippen LogP contribution in [-0.2, 0) is 0 Å². The van der Waals surface area contributed by atoms with E-state index in [1.54, 1.807) is 6.07 Å². The highest BCUT2D eigenvalue weighted by molar-refractivity contribution is 5.99. The second-order valence-corrected chi connectivity index (χ2v) is 6.08. The van der Waals surface area contributed by atoms with Gasteiger partial charge in [-0.25, -0.2) is 0 Å². The maximum atomic E-state index is 12.1. The Kier molecular flexibility index (Phi) is 5.62. The van der Waals surface area contributed by atoms with Gasteiger partial charge in [0.25, 0.3) is 5.91 Å². The van der Waals surface area contributed by atoms with Crippen molar-refractivity contribution in [1.82, 2.24) is 10.2 Å². The zero-order valence-corrected chi connectivity index (χ0v) is 13.2. The summed E-state index contributed by atoms with van der Waals surface area (Å²) in [7, 11) is 0. The first-order valence-electron chi connectivity index (χ1n) is 7.96. The maximum absolute atomic E-state index is 12.1. The van der Waals surface area contributed by atoms with E-state index >= 15 is 0 Å². The SMILES string of the molecule is Cc1ccc(N)c(C(=O)NCCCN2CCCCC2C)c1. The van der Waals surface area contributed by atoms with Crippen molar-refractivity contribution >= 4 is 11.6 Å². The molecule has 1 fully saturated rings. The molecule has 0 aliphatic carbocycles. The van der Waals surface area contributed by atoms with Crippen LogP contribution in [0.25, 0.3) is 0 Å². The number of piperidine rings is 1. The van der Waals surface area contributed by atoms with E-state index in [-0.39, 0.29) is 5.91 Å². The number of rotatable bonds is 5. The van der Waals surface area contributed by atoms with Gasteiger partial charge in [0.2, 0.25) is 0 Å². The van der Waals surface area contributed by atoms with Gasteiger partial charge >= 0.3 is 0 Å². The molecule has 1 amide bonds. The number of aryl methyl sites for hydroxylation is 1. The molecule has 0 saturated carbocycles. The molecule has 0 bridgehead atoms. The van der Waals surface area contributed by atoms with E-state index in [0.29, 0.717) is 23.8 Å². The number of nitrogens with one attached hydrogen (secondary N) is 1. The molecule has 1 aliphatic heterocycles. The highest BCUT2D eigenvalue weighted by Gasteiger charge is 2.17. The number of nitrogens with two attached hydrogens (primary N) is 1. The lowest BCUT2D eigenvalue weighted by molar-refractivity contribution is 0.0949. The van der Waals surface area contributed by atoms with Gasteiger partial charge in [0.15, 0.2) is 0 Å². The highest BCUT2D eigenvalue weighted by atomic mass is 16.1. The first kappa shape index (κ1) is 15.8. The molecule has 4 heteroatoms. The summed E-state index contributed by atoms with van der Waals surface area (Å²) < 4.78 is 0. The lowest BCUT2D eigenvalue weighted by Crippen LogP contribution is -2.39. The third-order valence-corrected chi connectivity index (χ3v) is 4.30. The summed E-state index contributed by atoms with van der Waals surface area (Å²) in [6, 6.07) is 6.24. The molecule has 1 aliphatic rings. The van der Waals surface area contributed by atoms with Crippen LogP contribution in [0.2, 0.25) is 0 Å². The van der Waals surface area contributed by atoms with Crippen molar-refractivity contribution in [3.8, 4) is 0 Å². The Bertz CT molecular complexity index is 487. The average Bonchev–Trinajstić information content (AvgIpc) is 2.47. The van der Waals surface area contributed by atoms with Gasteiger partial charge in [0.1, 0.15) is 0 Å². The normalized spacial score (nSPS) is 19.4. The Labute approximate surface area is 127 Å². The number of carbonyl (C=O) groups excluding carboxylic acids is 1. The standard InChI is InChI=1S/C17H27N3O/c1-13-7-8-16(18)15(12-13)17(21)19-9-5-11-20-10-4-3-6-14(20)2/h7-8,12,14H,3-6,9-11,18H2,1-2H3,(H,19,21). The number of amides is 1. The summed E-state index contributed by atoms with van der Waals surface area (Å²) in [6.45, 7) is 7.22. The van der Waals surface area contributed by atoms with Gasteiger partial charge in [0, 0.05) is 24.8 Å². The molecule has 1 atom stereocenters. The Balaban J connectivity index is 1.75. The van der Waals surface area contributed by atoms with Crippen LogP contribution in [0.3, 0.4) is 0 Å². The summed E-state index contributed by atoms with van der Waals surface area (Å²) in [5.41, 5.74) is 8.04. The Morgan fingerprint density at radius 3 is 3.00 bits per heavy atom. The molecule has 21 heavy (non-hydrogen) atoms. The molecule has 1 aromatic rings. The number of carbonyl (C=O) groups is 1. The number of anilines is 1. The number of nitrogen functional groups attached to an aromatic ring is 1. The third kappa shape index (κ3) is 4.46. The number of hydrogen-bond donors (Lipinski definition) is 2. The third-order valence-electron chi connectivity index (χ3n) is 4.30. The van der Waals surface area contributed by atoms with Crippen molar-refractivity contribution in [2.45, 2.75) is 45.6 Å². The van der Waals surface area contributed by atoms with Crippen LogP contribution in [0.4, 0.5) is 5.69 Å². The Morgan fingerprint density at radius 1 is 1.43 bits per heavy atom. The van der Waals surface area contributed by atoms with Crippen molar-refractivity contribution in [2.75, 3.05) is 25.4 Å². The fraction of sp³-hybridized carbons (Fsp3) is 0.588. The topological polar surface area (TPSA) is 58.4 Å². The molecule has 2 rings (SSSR count). The van der Waals surface area contributed by atoms with Crippen molar-refractivity contribution in [3.63, 3.8) is 0 Å². The Morgan fingerprint density at radius 2 is 2.24 bits per heavy atom. The molecule has 0 spiro atoms. The molecule has 4 nitrogen and oxygen atoms in total. The zero-order chi connectivity index (χ0) is 15.2. The lowest BCUT2D eigenvalue weighted by Gasteiger charge is -2.33. The minimum Gasteiger partial charge on any atom is -0.398 e.